The number of hydrogen-bond donors (Lipinski definition) is 1. The van der Waals surface area contributed by atoms with Gasteiger partial charge in [-0.25, -0.2) is 0 Å². The third kappa shape index (κ3) is 2.40. The molecule has 1 N–H and O–H groups in total. The number of hydrogen-bond acceptors (Lipinski definition) is 2. The largest absolute Gasteiger partial charge is 0.436 e. The molecule has 0 saturated heterocycles. The molecule has 0 aromatic carbocycles. The lowest BCUT2D eigenvalue weighted by Gasteiger charge is -2.34. The van der Waals surface area contributed by atoms with Gasteiger partial charge < -0.3 is 9.67 Å². The summed E-state index contributed by atoms with van der Waals surface area (Å²) < 4.78 is 41.1. The molecule has 0 radical (unpaired) electrons. The Bertz CT molecular complexity index is 593. The minimum atomic E-state index is -4.75. The predicted molar refractivity (Wildman–Crippen MR) is 70.1 cm³/mol. The number of aliphatic hydroxyl groups is 1. The van der Waals surface area contributed by atoms with Crippen LogP contribution in [0, 0.1) is 5.92 Å². The Morgan fingerprint density at radius 1 is 1.35 bits per heavy atom. The second-order valence-corrected chi connectivity index (χ2v) is 5.13. The normalized spacial score (nSPS) is 17.1. The van der Waals surface area contributed by atoms with Crippen LogP contribution in [0.3, 0.4) is 0 Å². The average Bonchev–Trinajstić information content (AvgIpc) is 2.81. The van der Waals surface area contributed by atoms with Crippen LogP contribution < -0.4 is 0 Å². The molecule has 6 heteroatoms. The molecule has 2 rings (SSSR count). The van der Waals surface area contributed by atoms with Crippen LogP contribution in [0.1, 0.15) is 26.7 Å². The topological polar surface area (TPSA) is 38.0 Å². The van der Waals surface area contributed by atoms with Gasteiger partial charge in [0.1, 0.15) is 0 Å². The molecular weight excluding hydrogens is 269 g/mol. The molecule has 2 heterocycles. The Hall–Kier alpha value is -1.56. The number of aromatic nitrogens is 2. The summed E-state index contributed by atoms with van der Waals surface area (Å²) in [5.41, 5.74) is -2.21. The molecule has 3 nitrogen and oxygen atoms in total. The lowest BCUT2D eigenvalue weighted by molar-refractivity contribution is -0.303. The van der Waals surface area contributed by atoms with Gasteiger partial charge in [0.05, 0.1) is 11.0 Å². The van der Waals surface area contributed by atoms with Crippen molar-refractivity contribution < 1.29 is 18.3 Å². The molecule has 20 heavy (non-hydrogen) atoms. The molecule has 0 aliphatic carbocycles. The molecular formula is C14H17F3N2O. The van der Waals surface area contributed by atoms with Crippen LogP contribution in [-0.2, 0) is 5.72 Å². The van der Waals surface area contributed by atoms with Crippen molar-refractivity contribution in [3.05, 3.63) is 30.6 Å². The first-order valence-electron chi connectivity index (χ1n) is 6.51. The molecule has 0 aliphatic heterocycles. The second-order valence-electron chi connectivity index (χ2n) is 5.13. The Balaban J connectivity index is 2.57. The van der Waals surface area contributed by atoms with E-state index in [9.17, 15) is 18.3 Å². The maximum Gasteiger partial charge on any atom is 0.436 e. The van der Waals surface area contributed by atoms with Crippen LogP contribution in [0.25, 0.3) is 11.0 Å². The van der Waals surface area contributed by atoms with Crippen LogP contribution in [0.5, 0.6) is 0 Å². The fourth-order valence-corrected chi connectivity index (χ4v) is 2.27. The van der Waals surface area contributed by atoms with Gasteiger partial charge >= 0.3 is 6.18 Å². The predicted octanol–water partition coefficient (Wildman–Crippen LogP) is 3.68. The maximum absolute atomic E-state index is 13.4. The Labute approximate surface area is 115 Å². The first-order chi connectivity index (χ1) is 9.29. The third-order valence-corrected chi connectivity index (χ3v) is 3.64. The molecule has 2 unspecified atom stereocenters. The zero-order valence-electron chi connectivity index (χ0n) is 11.4. The van der Waals surface area contributed by atoms with Crippen molar-refractivity contribution in [2.45, 2.75) is 38.6 Å². The van der Waals surface area contributed by atoms with Crippen molar-refractivity contribution in [3.63, 3.8) is 0 Å². The molecule has 0 fully saturated rings. The van der Waals surface area contributed by atoms with E-state index in [1.807, 2.05) is 0 Å². The molecule has 0 amide bonds. The Morgan fingerprint density at radius 3 is 2.65 bits per heavy atom. The number of alkyl halides is 3. The maximum atomic E-state index is 13.4. The third-order valence-electron chi connectivity index (χ3n) is 3.64. The van der Waals surface area contributed by atoms with E-state index >= 15 is 0 Å². The summed E-state index contributed by atoms with van der Waals surface area (Å²) in [4.78, 5) is 4.00. The second kappa shape index (κ2) is 5.09. The van der Waals surface area contributed by atoms with Gasteiger partial charge in [-0.05, 0) is 24.1 Å². The summed E-state index contributed by atoms with van der Waals surface area (Å²) >= 11 is 0. The summed E-state index contributed by atoms with van der Waals surface area (Å²) in [6.45, 7) is 3.50. The molecule has 2 aromatic rings. The average molecular weight is 286 g/mol. The van der Waals surface area contributed by atoms with E-state index in [1.54, 1.807) is 19.9 Å². The number of halogens is 3. The van der Waals surface area contributed by atoms with Crippen LogP contribution in [-0.4, -0.2) is 20.8 Å². The molecule has 0 saturated carbocycles. The van der Waals surface area contributed by atoms with Gasteiger partial charge in [0.15, 0.2) is 0 Å². The zero-order valence-corrected chi connectivity index (χ0v) is 11.4. The first kappa shape index (κ1) is 14.8. The highest BCUT2D eigenvalue weighted by Crippen LogP contribution is 2.41. The van der Waals surface area contributed by atoms with Gasteiger partial charge in [0.25, 0.3) is 0 Å². The van der Waals surface area contributed by atoms with Crippen molar-refractivity contribution in [1.82, 2.24) is 9.55 Å². The van der Waals surface area contributed by atoms with Crippen LogP contribution in [0.2, 0.25) is 0 Å². The standard InChI is InChI=1S/C14H17F3N2O/c1-3-10(2)9-13(20,14(15,16)17)19-8-6-11-12(19)5-4-7-18-11/h4-8,10,20H,3,9H2,1-2H3. The highest BCUT2D eigenvalue weighted by Gasteiger charge is 2.56. The summed E-state index contributed by atoms with van der Waals surface area (Å²) in [7, 11) is 0. The van der Waals surface area contributed by atoms with E-state index in [-0.39, 0.29) is 17.9 Å². The van der Waals surface area contributed by atoms with Gasteiger partial charge in [-0.15, -0.1) is 0 Å². The van der Waals surface area contributed by atoms with E-state index < -0.39 is 11.9 Å². The molecule has 110 valence electrons. The minimum Gasteiger partial charge on any atom is -0.363 e. The quantitative estimate of drug-likeness (QED) is 0.931. The highest BCUT2D eigenvalue weighted by molar-refractivity contribution is 5.75. The molecule has 2 atom stereocenters. The van der Waals surface area contributed by atoms with Crippen LogP contribution in [0.4, 0.5) is 13.2 Å². The van der Waals surface area contributed by atoms with Gasteiger partial charge in [-0.3, -0.25) is 4.98 Å². The number of pyridine rings is 1. The van der Waals surface area contributed by atoms with E-state index in [4.69, 9.17) is 0 Å². The van der Waals surface area contributed by atoms with E-state index in [2.05, 4.69) is 4.98 Å². The number of fused-ring (bicyclic) bond motifs is 1. The molecule has 0 aliphatic rings. The fraction of sp³-hybridized carbons (Fsp3) is 0.500. The van der Waals surface area contributed by atoms with E-state index in [0.29, 0.717) is 11.9 Å². The summed E-state index contributed by atoms with van der Waals surface area (Å²) in [5.74, 6) is -0.254. The van der Waals surface area contributed by atoms with Gasteiger partial charge in [0, 0.05) is 18.8 Å². The lowest BCUT2D eigenvalue weighted by Crippen LogP contribution is -2.48. The van der Waals surface area contributed by atoms with Crippen molar-refractivity contribution in [2.24, 2.45) is 5.92 Å². The van der Waals surface area contributed by atoms with Crippen LogP contribution >= 0.6 is 0 Å². The van der Waals surface area contributed by atoms with Gasteiger partial charge in [-0.2, -0.15) is 13.2 Å². The smallest absolute Gasteiger partial charge is 0.363 e. The Kier molecular flexibility index (Phi) is 3.77. The number of nitrogens with zero attached hydrogens (tertiary/aromatic N) is 2. The highest BCUT2D eigenvalue weighted by atomic mass is 19.4. The first-order valence-corrected chi connectivity index (χ1v) is 6.51. The lowest BCUT2D eigenvalue weighted by atomic mass is 9.95. The number of rotatable bonds is 4. The van der Waals surface area contributed by atoms with Crippen molar-refractivity contribution in [2.75, 3.05) is 0 Å². The van der Waals surface area contributed by atoms with Crippen molar-refractivity contribution in [3.8, 4) is 0 Å². The molecule has 2 aromatic heterocycles. The van der Waals surface area contributed by atoms with E-state index in [0.717, 1.165) is 4.57 Å². The summed E-state index contributed by atoms with van der Waals surface area (Å²) in [6, 6.07) is 4.55. The van der Waals surface area contributed by atoms with Crippen LogP contribution in [0.15, 0.2) is 30.6 Å². The molecule has 0 spiro atoms. The molecule has 0 bridgehead atoms. The van der Waals surface area contributed by atoms with Gasteiger partial charge in [-0.1, -0.05) is 20.3 Å². The minimum absolute atomic E-state index is 0.254. The van der Waals surface area contributed by atoms with E-state index in [1.165, 1.54) is 24.5 Å². The Morgan fingerprint density at radius 2 is 2.05 bits per heavy atom. The summed E-state index contributed by atoms with van der Waals surface area (Å²) in [6.07, 6.45) is -1.82. The zero-order chi connectivity index (χ0) is 15.0. The van der Waals surface area contributed by atoms with Crippen molar-refractivity contribution >= 4 is 11.0 Å². The summed E-state index contributed by atoms with van der Waals surface area (Å²) in [5, 5.41) is 10.3. The fourth-order valence-electron chi connectivity index (χ4n) is 2.27. The SMILES string of the molecule is CCC(C)CC(O)(n1ccc2ncccc21)C(F)(F)F. The van der Waals surface area contributed by atoms with Crippen molar-refractivity contribution in [1.29, 1.82) is 0 Å². The monoisotopic (exact) mass is 286 g/mol. The van der Waals surface area contributed by atoms with Gasteiger partial charge in [0.2, 0.25) is 5.72 Å².